The summed E-state index contributed by atoms with van der Waals surface area (Å²) in [6, 6.07) is 10.8. The fourth-order valence-electron chi connectivity index (χ4n) is 4.83. The van der Waals surface area contributed by atoms with E-state index in [-0.39, 0.29) is 36.1 Å². The van der Waals surface area contributed by atoms with E-state index in [1.165, 1.54) is 16.7 Å². The molecule has 3 amide bonds. The molecule has 0 aromatic heterocycles. The first kappa shape index (κ1) is 25.6. The summed E-state index contributed by atoms with van der Waals surface area (Å²) in [6.07, 6.45) is 3.99. The number of thioether (sulfide) groups is 1. The lowest BCUT2D eigenvalue weighted by Crippen LogP contribution is -2.74. The van der Waals surface area contributed by atoms with Gasteiger partial charge in [-0.3, -0.25) is 14.4 Å². The number of phenols is 1. The molecule has 0 spiro atoms. The van der Waals surface area contributed by atoms with Gasteiger partial charge in [-0.05, 0) is 44.4 Å². The van der Waals surface area contributed by atoms with Crippen LogP contribution in [-0.2, 0) is 16.0 Å². The van der Waals surface area contributed by atoms with Crippen LogP contribution in [0.3, 0.4) is 0 Å². The maximum absolute atomic E-state index is 13.5. The molecular formula is C27H29N3O5S. The Morgan fingerprint density at radius 1 is 1.25 bits per heavy atom. The predicted octanol–water partition coefficient (Wildman–Crippen LogP) is 1.80. The van der Waals surface area contributed by atoms with Gasteiger partial charge in [0, 0.05) is 11.1 Å². The standard InChI is InChI=1S/C27H29N3O5S/c1-5-13-30-26(35)23-27(30,4)36-15-29(23)25(34)22(32)20(14-18-9-7-6-8-10-18)28-24(33)19-12-11-16(2)21(31)17(19)3/h1,6-12,20,22-23,31-32H,13-15H2,2-4H3,(H,28,33)/t20-,22-,23?,27-/m0/s1. The van der Waals surface area contributed by atoms with Crippen molar-refractivity contribution in [2.75, 3.05) is 12.4 Å². The normalized spacial score (nSPS) is 22.3. The molecule has 4 atom stereocenters. The van der Waals surface area contributed by atoms with Crippen LogP contribution in [0.1, 0.15) is 34.0 Å². The van der Waals surface area contributed by atoms with E-state index in [4.69, 9.17) is 6.42 Å². The maximum Gasteiger partial charge on any atom is 0.255 e. The van der Waals surface area contributed by atoms with Crippen LogP contribution in [0, 0.1) is 26.2 Å². The zero-order chi connectivity index (χ0) is 26.2. The number of phenolic OH excluding ortho intramolecular Hbond substituents is 1. The van der Waals surface area contributed by atoms with E-state index < -0.39 is 34.9 Å². The number of aliphatic hydroxyl groups excluding tert-OH is 1. The smallest absolute Gasteiger partial charge is 0.255 e. The molecule has 3 N–H and O–H groups in total. The van der Waals surface area contributed by atoms with E-state index in [1.807, 2.05) is 37.3 Å². The number of carbonyl (C=O) groups excluding carboxylic acids is 3. The number of aromatic hydroxyl groups is 1. The molecule has 4 rings (SSSR count). The van der Waals surface area contributed by atoms with E-state index >= 15 is 0 Å². The highest BCUT2D eigenvalue weighted by Crippen LogP contribution is 2.50. The van der Waals surface area contributed by atoms with Crippen LogP contribution in [0.2, 0.25) is 0 Å². The Morgan fingerprint density at radius 3 is 2.61 bits per heavy atom. The van der Waals surface area contributed by atoms with Gasteiger partial charge in [0.2, 0.25) is 0 Å². The highest BCUT2D eigenvalue weighted by molar-refractivity contribution is 8.01. The molecule has 0 bridgehead atoms. The molecule has 9 heteroatoms. The lowest BCUT2D eigenvalue weighted by Gasteiger charge is -2.52. The highest BCUT2D eigenvalue weighted by Gasteiger charge is 2.65. The number of rotatable bonds is 7. The Balaban J connectivity index is 1.58. The molecular weight excluding hydrogens is 478 g/mol. The average molecular weight is 508 g/mol. The Kier molecular flexibility index (Phi) is 7.03. The van der Waals surface area contributed by atoms with Gasteiger partial charge in [-0.2, -0.15) is 0 Å². The quantitative estimate of drug-likeness (QED) is 0.390. The van der Waals surface area contributed by atoms with Crippen LogP contribution in [-0.4, -0.2) is 73.2 Å². The fraction of sp³-hybridized carbons (Fsp3) is 0.370. The third kappa shape index (κ3) is 4.31. The third-order valence-corrected chi connectivity index (χ3v) is 8.45. The number of likely N-dealkylation sites (tertiary alicyclic amines) is 1. The summed E-state index contributed by atoms with van der Waals surface area (Å²) in [4.78, 5) is 41.7. The second kappa shape index (κ2) is 9.88. The first-order valence-corrected chi connectivity index (χ1v) is 12.6. The average Bonchev–Trinajstić information content (AvgIpc) is 3.18. The van der Waals surface area contributed by atoms with Crippen molar-refractivity contribution in [3.63, 3.8) is 0 Å². The molecule has 0 radical (unpaired) electrons. The van der Waals surface area contributed by atoms with E-state index in [9.17, 15) is 24.6 Å². The molecule has 36 heavy (non-hydrogen) atoms. The largest absolute Gasteiger partial charge is 0.507 e. The molecule has 2 aliphatic rings. The summed E-state index contributed by atoms with van der Waals surface area (Å²) in [5.41, 5.74) is 2.11. The number of aliphatic hydroxyl groups is 1. The second-order valence-electron chi connectivity index (χ2n) is 9.29. The van der Waals surface area contributed by atoms with Gasteiger partial charge in [-0.1, -0.05) is 42.3 Å². The van der Waals surface area contributed by atoms with Gasteiger partial charge in [0.25, 0.3) is 17.7 Å². The molecule has 1 unspecified atom stereocenters. The second-order valence-corrected chi connectivity index (χ2v) is 10.7. The predicted molar refractivity (Wildman–Crippen MR) is 137 cm³/mol. The van der Waals surface area contributed by atoms with Crippen molar-refractivity contribution >= 4 is 29.5 Å². The van der Waals surface area contributed by atoms with E-state index in [0.717, 1.165) is 5.56 Å². The van der Waals surface area contributed by atoms with Gasteiger partial charge in [0.05, 0.1) is 18.5 Å². The lowest BCUT2D eigenvalue weighted by molar-refractivity contribution is -0.166. The lowest BCUT2D eigenvalue weighted by atomic mass is 9.93. The van der Waals surface area contributed by atoms with Crippen LogP contribution < -0.4 is 5.32 Å². The van der Waals surface area contributed by atoms with E-state index in [1.54, 1.807) is 30.9 Å². The maximum atomic E-state index is 13.5. The number of hydrogen-bond acceptors (Lipinski definition) is 6. The Morgan fingerprint density at radius 2 is 1.94 bits per heavy atom. The Hall–Kier alpha value is -3.48. The molecule has 2 saturated heterocycles. The number of benzene rings is 2. The van der Waals surface area contributed by atoms with Gasteiger partial charge in [-0.25, -0.2) is 0 Å². The number of amides is 3. The summed E-state index contributed by atoms with van der Waals surface area (Å²) in [5, 5.41) is 24.3. The number of nitrogens with zero attached hydrogens (tertiary/aromatic N) is 2. The molecule has 0 aliphatic carbocycles. The fourth-order valence-corrected chi connectivity index (χ4v) is 6.20. The van der Waals surface area contributed by atoms with Crippen molar-refractivity contribution < 1.29 is 24.6 Å². The van der Waals surface area contributed by atoms with Crippen LogP contribution in [0.4, 0.5) is 0 Å². The number of carbonyl (C=O) groups is 3. The van der Waals surface area contributed by atoms with Gasteiger partial charge >= 0.3 is 0 Å². The van der Waals surface area contributed by atoms with Gasteiger partial charge in [0.15, 0.2) is 6.10 Å². The summed E-state index contributed by atoms with van der Waals surface area (Å²) in [7, 11) is 0. The molecule has 188 valence electrons. The van der Waals surface area contributed by atoms with Crippen molar-refractivity contribution in [3.05, 3.63) is 64.7 Å². The molecule has 0 saturated carbocycles. The molecule has 2 aromatic rings. The summed E-state index contributed by atoms with van der Waals surface area (Å²) >= 11 is 1.42. The van der Waals surface area contributed by atoms with Crippen molar-refractivity contribution in [2.45, 2.75) is 50.3 Å². The number of aryl methyl sites for hydroxylation is 1. The van der Waals surface area contributed by atoms with Crippen LogP contribution in [0.5, 0.6) is 5.75 Å². The van der Waals surface area contributed by atoms with E-state index in [0.29, 0.717) is 11.1 Å². The summed E-state index contributed by atoms with van der Waals surface area (Å²) in [5.74, 6) is 1.31. The molecule has 2 aliphatic heterocycles. The first-order valence-electron chi connectivity index (χ1n) is 11.6. The zero-order valence-corrected chi connectivity index (χ0v) is 21.2. The molecule has 2 heterocycles. The number of hydrogen-bond donors (Lipinski definition) is 3. The van der Waals surface area contributed by atoms with Crippen molar-refractivity contribution in [1.82, 2.24) is 15.1 Å². The van der Waals surface area contributed by atoms with Crippen LogP contribution in [0.15, 0.2) is 42.5 Å². The number of β-lactam (4-membered cyclic amide) rings is 1. The molecule has 8 nitrogen and oxygen atoms in total. The SMILES string of the molecule is C#CCN1C(=O)C2N(C(=O)[C@@H](O)[C@H](Cc3ccccc3)NC(=O)c3ccc(C)c(O)c3C)CS[C@@]21C. The number of fused-ring (bicyclic) bond motifs is 1. The third-order valence-electron chi connectivity index (χ3n) is 7.01. The van der Waals surface area contributed by atoms with Gasteiger partial charge in [0.1, 0.15) is 16.7 Å². The monoisotopic (exact) mass is 507 g/mol. The summed E-state index contributed by atoms with van der Waals surface area (Å²) < 4.78 is 0. The molecule has 2 fully saturated rings. The number of terminal acetylenes is 1. The van der Waals surface area contributed by atoms with Gasteiger partial charge < -0.3 is 25.3 Å². The Labute approximate surface area is 214 Å². The molecule has 2 aromatic carbocycles. The topological polar surface area (TPSA) is 110 Å². The zero-order valence-electron chi connectivity index (χ0n) is 20.4. The first-order chi connectivity index (χ1) is 17.1. The van der Waals surface area contributed by atoms with Crippen molar-refractivity contribution in [2.24, 2.45) is 0 Å². The van der Waals surface area contributed by atoms with E-state index in [2.05, 4.69) is 11.2 Å². The highest BCUT2D eigenvalue weighted by atomic mass is 32.2. The minimum Gasteiger partial charge on any atom is -0.507 e. The van der Waals surface area contributed by atoms with Crippen molar-refractivity contribution in [1.29, 1.82) is 0 Å². The minimum atomic E-state index is -1.59. The van der Waals surface area contributed by atoms with Crippen LogP contribution >= 0.6 is 11.8 Å². The van der Waals surface area contributed by atoms with Crippen LogP contribution in [0.25, 0.3) is 0 Å². The van der Waals surface area contributed by atoms with Crippen molar-refractivity contribution in [3.8, 4) is 18.1 Å². The number of nitrogens with one attached hydrogen (secondary N) is 1. The minimum absolute atomic E-state index is 0.0206. The van der Waals surface area contributed by atoms with Gasteiger partial charge in [-0.15, -0.1) is 18.2 Å². The Bertz CT molecular complexity index is 1240. The summed E-state index contributed by atoms with van der Waals surface area (Å²) in [6.45, 7) is 5.38.